The number of methoxy groups -OCH3 is 1. The summed E-state index contributed by atoms with van der Waals surface area (Å²) in [6, 6.07) is 9.34. The van der Waals surface area contributed by atoms with E-state index in [-0.39, 0.29) is 55.1 Å². The summed E-state index contributed by atoms with van der Waals surface area (Å²) in [5.74, 6) is -1.20. The molecule has 2 heterocycles. The van der Waals surface area contributed by atoms with Gasteiger partial charge in [0.2, 0.25) is 15.9 Å². The van der Waals surface area contributed by atoms with E-state index in [1.54, 1.807) is 51.0 Å². The van der Waals surface area contributed by atoms with Crippen LogP contribution in [0.4, 0.5) is 14.9 Å². The van der Waals surface area contributed by atoms with E-state index in [1.807, 2.05) is 12.1 Å². The molecule has 1 saturated carbocycles. The topological polar surface area (TPSA) is 154 Å². The fourth-order valence-corrected chi connectivity index (χ4v) is 9.58. The number of rotatable bonds is 9. The fraction of sp³-hybridized carbons (Fsp3) is 0.600. The Bertz CT molecular complexity index is 1710. The number of hydrogen-bond donors (Lipinski definition) is 1. The molecule has 0 aromatic heterocycles. The maximum Gasteiger partial charge on any atom is 0.410 e. The summed E-state index contributed by atoms with van der Waals surface area (Å²) < 4.78 is 54.9. The second-order valence-electron chi connectivity index (χ2n) is 14.5. The lowest BCUT2D eigenvalue weighted by Crippen LogP contribution is -2.60. The molecule has 12 nitrogen and oxygen atoms in total. The van der Waals surface area contributed by atoms with Crippen molar-refractivity contribution in [2.75, 3.05) is 31.3 Å². The van der Waals surface area contributed by atoms with Gasteiger partial charge in [0.15, 0.2) is 0 Å². The van der Waals surface area contributed by atoms with Crippen molar-refractivity contribution in [1.82, 2.24) is 9.21 Å². The largest absolute Gasteiger partial charge is 0.444 e. The first-order valence-corrected chi connectivity index (χ1v) is 19.1. The number of amides is 2. The van der Waals surface area contributed by atoms with Gasteiger partial charge in [0, 0.05) is 58.9 Å². The minimum absolute atomic E-state index is 0.00523. The SMILES string of the molecule is COC1CCC(c2ccc(Cl)cc2)([C@H](N=[N+]=[N-])C(=O)Nc2cccc(F)c2CC[C@H]2CN(C(=O)OC(C)(C)C)[C@H]3CCCS(=O)(=O)[N@@]2C3)CC1. The molecule has 0 radical (unpaired) electrons. The number of carbonyl (C=O) groups excluding carboxylic acids is 2. The molecule has 2 aromatic rings. The highest BCUT2D eigenvalue weighted by molar-refractivity contribution is 7.89. The minimum Gasteiger partial charge on any atom is -0.444 e. The third kappa shape index (κ3) is 8.37. The maximum atomic E-state index is 15.6. The Kier molecular flexibility index (Phi) is 11.7. The van der Waals surface area contributed by atoms with E-state index in [2.05, 4.69) is 15.3 Å². The van der Waals surface area contributed by atoms with E-state index >= 15 is 4.39 Å². The lowest BCUT2D eigenvalue weighted by molar-refractivity contribution is -0.119. The zero-order valence-corrected chi connectivity index (χ0v) is 30.6. The summed E-state index contributed by atoms with van der Waals surface area (Å²) in [6.45, 7) is 5.56. The van der Waals surface area contributed by atoms with Crippen molar-refractivity contribution in [2.24, 2.45) is 5.11 Å². The summed E-state index contributed by atoms with van der Waals surface area (Å²) in [6.07, 6.45) is 2.95. The quantitative estimate of drug-likeness (QED) is 0.167. The standard InChI is InChI=1S/C35H46ClFN6O6S/c1-34(2,3)49-33(45)42-21-26(43-22-25(42)7-6-20-50(43,46)47)14-15-28-29(37)8-5-9-30(28)39-32(44)31(40-41-38)35(18-16-27(48-4)17-19-35)23-10-12-24(36)13-11-23/h5,8-13,25-27,31H,6-7,14-22H2,1-4H3,(H,39,44)/t25-,26-,27?,31+,35?/m0/s1. The number of nitrogens with zero attached hydrogens (tertiary/aromatic N) is 5. The highest BCUT2D eigenvalue weighted by Gasteiger charge is 2.47. The number of hydrogen-bond acceptors (Lipinski definition) is 7. The zero-order valence-electron chi connectivity index (χ0n) is 29.0. The summed E-state index contributed by atoms with van der Waals surface area (Å²) in [4.78, 5) is 32.1. The Labute approximate surface area is 298 Å². The van der Waals surface area contributed by atoms with Crippen molar-refractivity contribution in [2.45, 2.75) is 107 Å². The monoisotopic (exact) mass is 732 g/mol. The van der Waals surface area contributed by atoms with Crippen LogP contribution in [-0.2, 0) is 36.1 Å². The molecule has 3 fully saturated rings. The van der Waals surface area contributed by atoms with Crippen LogP contribution in [0, 0.1) is 5.82 Å². The molecule has 2 bridgehead atoms. The molecule has 2 saturated heterocycles. The summed E-state index contributed by atoms with van der Waals surface area (Å²) in [5.41, 5.74) is 9.23. The number of carbonyl (C=O) groups is 2. The van der Waals surface area contributed by atoms with Gasteiger partial charge in [0.05, 0.1) is 11.9 Å². The molecule has 3 aliphatic rings. The molecule has 2 aromatic carbocycles. The van der Waals surface area contributed by atoms with Crippen LogP contribution < -0.4 is 5.32 Å². The second kappa shape index (κ2) is 15.4. The Balaban J connectivity index is 1.41. The number of halogens is 2. The molecule has 15 heteroatoms. The predicted octanol–water partition coefficient (Wildman–Crippen LogP) is 6.97. The number of piperazine rings is 1. The summed E-state index contributed by atoms with van der Waals surface area (Å²) >= 11 is 6.19. The van der Waals surface area contributed by atoms with E-state index < -0.39 is 50.9 Å². The molecule has 0 spiro atoms. The van der Waals surface area contributed by atoms with Crippen LogP contribution in [0.1, 0.15) is 76.8 Å². The van der Waals surface area contributed by atoms with Gasteiger partial charge in [-0.1, -0.05) is 34.9 Å². The Morgan fingerprint density at radius 2 is 1.84 bits per heavy atom. The van der Waals surface area contributed by atoms with Gasteiger partial charge < -0.3 is 19.7 Å². The van der Waals surface area contributed by atoms with E-state index in [0.717, 1.165) is 5.56 Å². The van der Waals surface area contributed by atoms with Crippen LogP contribution in [0.2, 0.25) is 5.02 Å². The zero-order chi connectivity index (χ0) is 36.3. The number of benzene rings is 2. The first kappa shape index (κ1) is 37.8. The van der Waals surface area contributed by atoms with Crippen molar-refractivity contribution in [3.63, 3.8) is 0 Å². The van der Waals surface area contributed by atoms with E-state index in [0.29, 0.717) is 43.5 Å². The van der Waals surface area contributed by atoms with Crippen molar-refractivity contribution in [3.8, 4) is 0 Å². The van der Waals surface area contributed by atoms with Crippen molar-refractivity contribution in [3.05, 3.63) is 74.9 Å². The molecular weight excluding hydrogens is 687 g/mol. The van der Waals surface area contributed by atoms with Gasteiger partial charge in [-0.2, -0.15) is 4.31 Å². The molecule has 0 unspecified atom stereocenters. The maximum absolute atomic E-state index is 15.6. The minimum atomic E-state index is -3.61. The number of ether oxygens (including phenoxy) is 2. The number of fused-ring (bicyclic) bond motifs is 2. The van der Waals surface area contributed by atoms with E-state index in [1.165, 1.54) is 16.4 Å². The van der Waals surface area contributed by atoms with Crippen LogP contribution in [-0.4, -0.2) is 85.4 Å². The molecule has 2 amide bonds. The van der Waals surface area contributed by atoms with Gasteiger partial charge >= 0.3 is 6.09 Å². The molecule has 4 atom stereocenters. The molecule has 5 rings (SSSR count). The fourth-order valence-electron chi connectivity index (χ4n) is 7.66. The predicted molar refractivity (Wildman–Crippen MR) is 189 cm³/mol. The van der Waals surface area contributed by atoms with Gasteiger partial charge in [-0.05, 0) is 107 Å². The highest BCUT2D eigenvalue weighted by atomic mass is 35.5. The van der Waals surface area contributed by atoms with Gasteiger partial charge in [0.1, 0.15) is 17.5 Å². The van der Waals surface area contributed by atoms with E-state index in [9.17, 15) is 23.5 Å². The van der Waals surface area contributed by atoms with Crippen LogP contribution >= 0.6 is 11.6 Å². The third-order valence-electron chi connectivity index (χ3n) is 10.2. The number of azide groups is 1. The molecule has 1 N–H and O–H groups in total. The van der Waals surface area contributed by atoms with Crippen LogP contribution in [0.3, 0.4) is 0 Å². The lowest BCUT2D eigenvalue weighted by atomic mass is 9.64. The van der Waals surface area contributed by atoms with Crippen molar-refractivity contribution >= 4 is 39.3 Å². The average Bonchev–Trinajstić information content (AvgIpc) is 3.19. The molecule has 1 aliphatic carbocycles. The smallest absolute Gasteiger partial charge is 0.410 e. The first-order chi connectivity index (χ1) is 23.7. The molecule has 272 valence electrons. The Hall–Kier alpha value is -3.42. The number of anilines is 1. The van der Waals surface area contributed by atoms with Crippen LogP contribution in [0.15, 0.2) is 47.6 Å². The number of sulfonamides is 1. The average molecular weight is 733 g/mol. The molecule has 2 aliphatic heterocycles. The molecular formula is C35H46ClFN6O6S. The van der Waals surface area contributed by atoms with Gasteiger partial charge in [-0.3, -0.25) is 4.79 Å². The Morgan fingerprint density at radius 1 is 1.14 bits per heavy atom. The van der Waals surface area contributed by atoms with Crippen LogP contribution in [0.5, 0.6) is 0 Å². The summed E-state index contributed by atoms with van der Waals surface area (Å²) in [5, 5.41) is 7.41. The second-order valence-corrected chi connectivity index (χ2v) is 16.9. The molecule has 50 heavy (non-hydrogen) atoms. The van der Waals surface area contributed by atoms with Crippen molar-refractivity contribution in [1.29, 1.82) is 0 Å². The summed E-state index contributed by atoms with van der Waals surface area (Å²) in [7, 11) is -1.97. The van der Waals surface area contributed by atoms with Crippen LogP contribution in [0.25, 0.3) is 10.4 Å². The normalized spacial score (nSPS) is 27.0. The van der Waals surface area contributed by atoms with Gasteiger partial charge in [-0.15, -0.1) is 0 Å². The number of nitrogens with one attached hydrogen (secondary N) is 1. The van der Waals surface area contributed by atoms with E-state index in [4.69, 9.17) is 21.1 Å². The van der Waals surface area contributed by atoms with Crippen molar-refractivity contribution < 1.29 is 31.9 Å². The Morgan fingerprint density at radius 3 is 2.48 bits per heavy atom. The van der Waals surface area contributed by atoms with Gasteiger partial charge in [-0.25, -0.2) is 17.6 Å². The highest BCUT2D eigenvalue weighted by Crippen LogP contribution is 2.45. The lowest BCUT2D eigenvalue weighted by Gasteiger charge is -2.44. The first-order valence-electron chi connectivity index (χ1n) is 17.1. The van der Waals surface area contributed by atoms with Gasteiger partial charge in [0.25, 0.3) is 0 Å². The third-order valence-corrected chi connectivity index (χ3v) is 12.4.